The fourth-order valence-corrected chi connectivity index (χ4v) is 6.31. The Bertz CT molecular complexity index is 1130. The van der Waals surface area contributed by atoms with Gasteiger partial charge in [0.2, 0.25) is 0 Å². The summed E-state index contributed by atoms with van der Waals surface area (Å²) in [6, 6.07) is 17.8. The monoisotopic (exact) mass is 637 g/mol. The van der Waals surface area contributed by atoms with Crippen molar-refractivity contribution in [2.24, 2.45) is 0 Å². The normalized spacial score (nSPS) is 11.9. The lowest BCUT2D eigenvalue weighted by molar-refractivity contribution is -0.895. The van der Waals surface area contributed by atoms with Gasteiger partial charge in [0.25, 0.3) is 11.8 Å². The Labute approximate surface area is 282 Å². The van der Waals surface area contributed by atoms with E-state index in [1.807, 2.05) is 0 Å². The van der Waals surface area contributed by atoms with Crippen molar-refractivity contribution in [2.45, 2.75) is 117 Å². The number of amides is 2. The molecule has 0 spiro atoms. The molecule has 0 aromatic heterocycles. The molecule has 2 aromatic rings. The van der Waals surface area contributed by atoms with Crippen molar-refractivity contribution in [2.75, 3.05) is 54.4 Å². The number of carbonyl (C=O) groups excluding carboxylic acids is 2. The van der Waals surface area contributed by atoms with Gasteiger partial charge in [-0.15, -0.1) is 0 Å². The zero-order valence-corrected chi connectivity index (χ0v) is 30.5. The van der Waals surface area contributed by atoms with Gasteiger partial charge in [0.15, 0.2) is 13.1 Å². The van der Waals surface area contributed by atoms with E-state index in [1.165, 1.54) is 99.3 Å². The summed E-state index contributed by atoms with van der Waals surface area (Å²) in [5.41, 5.74) is 5.33. The number of nitrogens with zero attached hydrogens (tertiary/aromatic N) is 2. The molecule has 0 bridgehead atoms. The van der Waals surface area contributed by atoms with Crippen molar-refractivity contribution in [1.82, 2.24) is 10.6 Å². The smallest absolute Gasteiger partial charge is 0.275 e. The number of aryl methyl sites for hydroxylation is 2. The third kappa shape index (κ3) is 18.4. The van der Waals surface area contributed by atoms with E-state index >= 15 is 0 Å². The summed E-state index contributed by atoms with van der Waals surface area (Å²) in [4.78, 5) is 25.4. The van der Waals surface area contributed by atoms with E-state index in [0.717, 1.165) is 25.9 Å². The van der Waals surface area contributed by atoms with Gasteiger partial charge in [-0.05, 0) is 36.8 Å². The van der Waals surface area contributed by atoms with Crippen LogP contribution < -0.4 is 10.6 Å². The van der Waals surface area contributed by atoms with Crippen molar-refractivity contribution in [3.8, 4) is 0 Å². The lowest BCUT2D eigenvalue weighted by Gasteiger charge is -2.29. The van der Waals surface area contributed by atoms with E-state index < -0.39 is 0 Å². The van der Waals surface area contributed by atoms with Gasteiger partial charge in [-0.2, -0.15) is 0 Å². The van der Waals surface area contributed by atoms with E-state index in [9.17, 15) is 9.59 Å². The number of likely N-dealkylation sites (N-methyl/N-ethyl adjacent to an activating group) is 2. The van der Waals surface area contributed by atoms with Crippen LogP contribution in [0.1, 0.15) is 113 Å². The molecule has 46 heavy (non-hydrogen) atoms. The second-order valence-electron chi connectivity index (χ2n) is 14.9. The number of hydrogen-bond acceptors (Lipinski definition) is 2. The molecule has 0 heterocycles. The van der Waals surface area contributed by atoms with Crippen LogP contribution in [-0.4, -0.2) is 75.2 Å². The average Bonchev–Trinajstić information content (AvgIpc) is 2.99. The van der Waals surface area contributed by atoms with Crippen molar-refractivity contribution in [1.29, 1.82) is 0 Å². The molecule has 0 aliphatic rings. The zero-order valence-electron chi connectivity index (χ0n) is 30.5. The highest BCUT2D eigenvalue weighted by atomic mass is 16.2. The van der Waals surface area contributed by atoms with Gasteiger partial charge in [-0.1, -0.05) is 127 Å². The first-order valence-electron chi connectivity index (χ1n) is 18.3. The minimum absolute atomic E-state index is 0.0101. The minimum atomic E-state index is 0.0101. The Kier molecular flexibility index (Phi) is 18.9. The van der Waals surface area contributed by atoms with Crippen molar-refractivity contribution in [3.63, 3.8) is 0 Å². The molecule has 2 aromatic carbocycles. The van der Waals surface area contributed by atoms with E-state index in [0.29, 0.717) is 35.1 Å². The van der Waals surface area contributed by atoms with Crippen LogP contribution in [0, 0.1) is 0 Å². The summed E-state index contributed by atoms with van der Waals surface area (Å²) in [7, 11) is 8.39. The number of hydrogen-bond donors (Lipinski definition) is 2. The van der Waals surface area contributed by atoms with Crippen molar-refractivity contribution in [3.05, 3.63) is 70.8 Å². The lowest BCUT2D eigenvalue weighted by Crippen LogP contribution is -2.49. The molecule has 0 saturated carbocycles. The highest BCUT2D eigenvalue weighted by Crippen LogP contribution is 2.16. The summed E-state index contributed by atoms with van der Waals surface area (Å²) in [5.74, 6) is 0.0226. The van der Waals surface area contributed by atoms with Gasteiger partial charge in [-0.3, -0.25) is 9.59 Å². The van der Waals surface area contributed by atoms with Crippen LogP contribution in [0.15, 0.2) is 48.5 Å². The van der Waals surface area contributed by atoms with Crippen LogP contribution in [0.25, 0.3) is 0 Å². The van der Waals surface area contributed by atoms with Gasteiger partial charge in [0.05, 0.1) is 28.2 Å². The molecule has 6 nitrogen and oxygen atoms in total. The van der Waals surface area contributed by atoms with Crippen molar-refractivity contribution < 1.29 is 18.6 Å². The second kappa shape index (κ2) is 22.0. The van der Waals surface area contributed by atoms with Crippen LogP contribution in [0.2, 0.25) is 0 Å². The molecule has 2 N–H and O–H groups in total. The fourth-order valence-electron chi connectivity index (χ4n) is 6.31. The number of nitrogens with one attached hydrogen (secondary N) is 2. The van der Waals surface area contributed by atoms with Crippen LogP contribution in [0.3, 0.4) is 0 Å². The Morgan fingerprint density at radius 3 is 1.46 bits per heavy atom. The van der Waals surface area contributed by atoms with Crippen LogP contribution in [0.4, 0.5) is 0 Å². The quantitative estimate of drug-likeness (QED) is 0.0872. The topological polar surface area (TPSA) is 58.2 Å². The molecule has 0 radical (unpaired) electrons. The number of carbonyl (C=O) groups is 2. The van der Waals surface area contributed by atoms with Gasteiger partial charge < -0.3 is 19.6 Å². The summed E-state index contributed by atoms with van der Waals surface area (Å²) in [6.07, 6.45) is 18.1. The maximum atomic E-state index is 12.7. The fraction of sp³-hybridized carbons (Fsp3) is 0.650. The Balaban J connectivity index is 1.64. The molecule has 0 unspecified atom stereocenters. The van der Waals surface area contributed by atoms with E-state index in [-0.39, 0.29) is 11.8 Å². The van der Waals surface area contributed by atoms with Crippen LogP contribution in [0.5, 0.6) is 0 Å². The Hall–Kier alpha value is -2.70. The predicted molar refractivity (Wildman–Crippen MR) is 194 cm³/mol. The lowest BCUT2D eigenvalue weighted by atomic mass is 10.0. The standard InChI is InChI=1S/C40H66N4O2/c1-7-9-11-13-15-17-20-35-24-26-37(27-25-35)31-43(3,4)33-39(45)41-28-29-42-40(46)34-44(5,6)32-38-23-19-22-36(30-38)21-18-16-14-12-10-8-2/h19,22-27,30H,7-18,20-21,28-29,31-34H2,1-6H3/p+2. The molecule has 0 fully saturated rings. The first-order chi connectivity index (χ1) is 22.0. The van der Waals surface area contributed by atoms with Crippen molar-refractivity contribution >= 4 is 11.8 Å². The summed E-state index contributed by atoms with van der Waals surface area (Å²) < 4.78 is 1.17. The number of quaternary nitrogens is 2. The third-order valence-corrected chi connectivity index (χ3v) is 8.79. The molecule has 2 amide bonds. The summed E-state index contributed by atoms with van der Waals surface area (Å²) >= 11 is 0. The third-order valence-electron chi connectivity index (χ3n) is 8.79. The highest BCUT2D eigenvalue weighted by molar-refractivity contribution is 5.78. The summed E-state index contributed by atoms with van der Waals surface area (Å²) in [5, 5.41) is 6.00. The van der Waals surface area contributed by atoms with Crippen LogP contribution >= 0.6 is 0 Å². The van der Waals surface area contributed by atoms with Gasteiger partial charge in [0.1, 0.15) is 13.1 Å². The summed E-state index contributed by atoms with van der Waals surface area (Å²) in [6.45, 7) is 7.80. The molecule has 258 valence electrons. The second-order valence-corrected chi connectivity index (χ2v) is 14.9. The van der Waals surface area contributed by atoms with E-state index in [4.69, 9.17) is 0 Å². The Morgan fingerprint density at radius 1 is 0.522 bits per heavy atom. The zero-order chi connectivity index (χ0) is 33.7. The van der Waals surface area contributed by atoms with Gasteiger partial charge in [0, 0.05) is 24.2 Å². The number of unbranched alkanes of at least 4 members (excludes halogenated alkanes) is 10. The maximum Gasteiger partial charge on any atom is 0.275 e. The van der Waals surface area contributed by atoms with E-state index in [2.05, 4.69) is 101 Å². The molecule has 0 saturated heterocycles. The number of rotatable bonds is 25. The highest BCUT2D eigenvalue weighted by Gasteiger charge is 2.22. The predicted octanol–water partition coefficient (Wildman–Crippen LogP) is 7.58. The molecule has 0 aliphatic heterocycles. The maximum absolute atomic E-state index is 12.7. The molecular weight excluding hydrogens is 568 g/mol. The largest absolute Gasteiger partial charge is 0.349 e. The van der Waals surface area contributed by atoms with Crippen LogP contribution in [-0.2, 0) is 35.5 Å². The number of benzene rings is 2. The average molecular weight is 637 g/mol. The molecule has 6 heteroatoms. The molecule has 2 rings (SSSR count). The van der Waals surface area contributed by atoms with Gasteiger partial charge >= 0.3 is 0 Å². The minimum Gasteiger partial charge on any atom is -0.349 e. The first-order valence-corrected chi connectivity index (χ1v) is 18.3. The molecule has 0 atom stereocenters. The first kappa shape index (κ1) is 39.5. The Morgan fingerprint density at radius 2 is 0.935 bits per heavy atom. The van der Waals surface area contributed by atoms with Gasteiger partial charge in [-0.25, -0.2) is 0 Å². The van der Waals surface area contributed by atoms with E-state index in [1.54, 1.807) is 0 Å². The molecule has 0 aliphatic carbocycles. The SMILES string of the molecule is CCCCCCCCc1ccc(C[N+](C)(C)CC(=O)NCCNC(=O)C[N+](C)(C)Cc2cccc(CCCCCCCC)c2)cc1. The molecular formula is C40H68N4O2+2.